The molecule has 0 aromatic heterocycles. The molecule has 138 valence electrons. The number of carboxylic acid groups (broad SMARTS) is 1. The summed E-state index contributed by atoms with van der Waals surface area (Å²) in [6.07, 6.45) is 6.95. The van der Waals surface area contributed by atoms with Gasteiger partial charge >= 0.3 is 5.97 Å². The fourth-order valence-electron chi connectivity index (χ4n) is 3.84. The normalized spacial score (nSPS) is 35.2. The number of hydrogen-bond acceptors (Lipinski definition) is 4. The van der Waals surface area contributed by atoms with Crippen LogP contribution >= 0.6 is 11.6 Å². The van der Waals surface area contributed by atoms with E-state index in [9.17, 15) is 14.7 Å². The minimum Gasteiger partial charge on any atom is -0.480 e. The maximum Gasteiger partial charge on any atom is 0.326 e. The van der Waals surface area contributed by atoms with Gasteiger partial charge in [-0.3, -0.25) is 4.79 Å². The van der Waals surface area contributed by atoms with Crippen molar-refractivity contribution in [3.63, 3.8) is 0 Å². The van der Waals surface area contributed by atoms with Crippen molar-refractivity contribution >= 4 is 24.0 Å². The average molecular weight is 362 g/mol. The molecule has 2 aliphatic rings. The van der Waals surface area contributed by atoms with E-state index in [1.54, 1.807) is 0 Å². The molecular formula is C17H28ClNO5. The maximum atomic E-state index is 11.1. The second kappa shape index (κ2) is 9.59. The van der Waals surface area contributed by atoms with Crippen molar-refractivity contribution in [2.45, 2.75) is 75.0 Å². The van der Waals surface area contributed by atoms with Crippen molar-refractivity contribution in [1.29, 1.82) is 0 Å². The maximum absolute atomic E-state index is 11.1. The van der Waals surface area contributed by atoms with E-state index < -0.39 is 12.0 Å². The highest BCUT2D eigenvalue weighted by Crippen LogP contribution is 2.33. The number of aliphatic hydroxyl groups is 1. The zero-order valence-electron chi connectivity index (χ0n) is 13.9. The number of carbonyl (C=O) groups excluding carboxylic acids is 1. The Labute approximate surface area is 147 Å². The van der Waals surface area contributed by atoms with Gasteiger partial charge in [-0.05, 0) is 57.3 Å². The van der Waals surface area contributed by atoms with E-state index >= 15 is 0 Å². The Morgan fingerprint density at radius 2 is 1.96 bits per heavy atom. The summed E-state index contributed by atoms with van der Waals surface area (Å²) in [6, 6.07) is -0.806. The van der Waals surface area contributed by atoms with Gasteiger partial charge in [-0.1, -0.05) is 0 Å². The Balaban J connectivity index is 1.70. The van der Waals surface area contributed by atoms with Gasteiger partial charge < -0.3 is 20.3 Å². The van der Waals surface area contributed by atoms with Crippen LogP contribution in [0.2, 0.25) is 0 Å². The molecule has 3 unspecified atom stereocenters. The average Bonchev–Trinajstić information content (AvgIpc) is 2.55. The number of hydrogen-bond donors (Lipinski definition) is 3. The Morgan fingerprint density at radius 3 is 2.54 bits per heavy atom. The number of carbonyl (C=O) groups is 2. The molecule has 1 amide bonds. The number of alkyl halides is 1. The first-order valence-electron chi connectivity index (χ1n) is 8.87. The lowest BCUT2D eigenvalue weighted by atomic mass is 9.83. The van der Waals surface area contributed by atoms with Crippen LogP contribution in [-0.2, 0) is 14.3 Å². The molecule has 2 saturated carbocycles. The largest absolute Gasteiger partial charge is 0.480 e. The molecule has 6 nitrogen and oxygen atoms in total. The number of nitrogens with one attached hydrogen (secondary N) is 1. The lowest BCUT2D eigenvalue weighted by Crippen LogP contribution is -2.39. The van der Waals surface area contributed by atoms with Crippen molar-refractivity contribution < 1.29 is 24.5 Å². The lowest BCUT2D eigenvalue weighted by molar-refractivity contribution is -0.141. The molecule has 4 atom stereocenters. The second-order valence-corrected chi connectivity index (χ2v) is 7.63. The fraction of sp³-hybridized carbons (Fsp3) is 0.882. The molecule has 24 heavy (non-hydrogen) atoms. The first kappa shape index (κ1) is 19.5. The predicted octanol–water partition coefficient (Wildman–Crippen LogP) is 1.92. The summed E-state index contributed by atoms with van der Waals surface area (Å²) in [5.41, 5.74) is 0. The molecule has 0 radical (unpaired) electrons. The number of aliphatic hydroxyl groups excluding tert-OH is 1. The topological polar surface area (TPSA) is 95.9 Å². The van der Waals surface area contributed by atoms with Crippen LogP contribution in [0.15, 0.2) is 0 Å². The van der Waals surface area contributed by atoms with Gasteiger partial charge in [0.05, 0.1) is 18.8 Å². The van der Waals surface area contributed by atoms with Crippen molar-refractivity contribution in [2.24, 2.45) is 11.8 Å². The molecule has 0 spiro atoms. The fourth-order valence-corrected chi connectivity index (χ4v) is 4.24. The van der Waals surface area contributed by atoms with E-state index in [1.165, 1.54) is 0 Å². The van der Waals surface area contributed by atoms with E-state index in [-0.39, 0.29) is 23.5 Å². The molecule has 0 bridgehead atoms. The molecule has 0 aromatic rings. The summed E-state index contributed by atoms with van der Waals surface area (Å²) < 4.78 is 5.98. The van der Waals surface area contributed by atoms with E-state index in [0.29, 0.717) is 25.4 Å². The molecule has 0 saturated heterocycles. The van der Waals surface area contributed by atoms with E-state index in [0.717, 1.165) is 44.9 Å². The molecule has 2 aliphatic carbocycles. The molecular weight excluding hydrogens is 334 g/mol. The first-order chi connectivity index (χ1) is 11.5. The van der Waals surface area contributed by atoms with Crippen LogP contribution < -0.4 is 5.32 Å². The standard InChI is InChI=1S/C17H28ClNO5/c18-14-2-1-3-16(21)13(14)9-24-12-6-4-11(5-7-12)8-15(17(22)23)19-10-20/h10-16,21H,1-9H2,(H,19,20)(H,22,23)/t11?,12?,13?,14?,15-,16?/m0/s1. The van der Waals surface area contributed by atoms with Gasteiger partial charge in [0.1, 0.15) is 6.04 Å². The first-order valence-corrected chi connectivity index (χ1v) is 9.31. The highest BCUT2D eigenvalue weighted by Gasteiger charge is 2.33. The molecule has 0 heterocycles. The lowest BCUT2D eigenvalue weighted by Gasteiger charge is -2.35. The van der Waals surface area contributed by atoms with E-state index in [1.807, 2.05) is 0 Å². The zero-order valence-corrected chi connectivity index (χ0v) is 14.7. The Morgan fingerprint density at radius 1 is 1.25 bits per heavy atom. The molecule has 2 fully saturated rings. The minimum atomic E-state index is -0.986. The quantitative estimate of drug-likeness (QED) is 0.453. The number of carboxylic acids is 1. The minimum absolute atomic E-state index is 0.00585. The van der Waals surface area contributed by atoms with Crippen LogP contribution in [-0.4, -0.2) is 52.8 Å². The van der Waals surface area contributed by atoms with Crippen molar-refractivity contribution in [1.82, 2.24) is 5.32 Å². The summed E-state index contributed by atoms with van der Waals surface area (Å²) >= 11 is 6.30. The van der Waals surface area contributed by atoms with Crippen LogP contribution in [0.3, 0.4) is 0 Å². The number of halogens is 1. The van der Waals surface area contributed by atoms with Gasteiger partial charge in [0.15, 0.2) is 0 Å². The smallest absolute Gasteiger partial charge is 0.326 e. The highest BCUT2D eigenvalue weighted by molar-refractivity contribution is 6.20. The molecule has 7 heteroatoms. The van der Waals surface area contributed by atoms with E-state index in [2.05, 4.69) is 5.32 Å². The number of amides is 1. The van der Waals surface area contributed by atoms with Crippen molar-refractivity contribution in [3.8, 4) is 0 Å². The van der Waals surface area contributed by atoms with Crippen LogP contribution in [0.5, 0.6) is 0 Å². The zero-order chi connectivity index (χ0) is 17.5. The van der Waals surface area contributed by atoms with Crippen LogP contribution in [0.1, 0.15) is 51.4 Å². The van der Waals surface area contributed by atoms with Crippen molar-refractivity contribution in [2.75, 3.05) is 6.61 Å². The third-order valence-electron chi connectivity index (χ3n) is 5.39. The third kappa shape index (κ3) is 5.60. The third-order valence-corrected chi connectivity index (χ3v) is 5.93. The summed E-state index contributed by atoms with van der Waals surface area (Å²) in [4.78, 5) is 21.6. The van der Waals surface area contributed by atoms with Crippen LogP contribution in [0.4, 0.5) is 0 Å². The molecule has 0 aliphatic heterocycles. The summed E-state index contributed by atoms with van der Waals surface area (Å²) in [7, 11) is 0. The molecule has 2 rings (SSSR count). The SMILES string of the molecule is O=CN[C@@H](CC1CCC(OCC2C(O)CCCC2Cl)CC1)C(=O)O. The predicted molar refractivity (Wildman–Crippen MR) is 89.9 cm³/mol. The van der Waals surface area contributed by atoms with Gasteiger partial charge in [-0.2, -0.15) is 0 Å². The monoisotopic (exact) mass is 361 g/mol. The Hall–Kier alpha value is -0.850. The number of ether oxygens (including phenoxy) is 1. The Kier molecular flexibility index (Phi) is 7.78. The van der Waals surface area contributed by atoms with Gasteiger partial charge in [-0.25, -0.2) is 4.79 Å². The van der Waals surface area contributed by atoms with Gasteiger partial charge in [-0.15, -0.1) is 11.6 Å². The Bertz CT molecular complexity index is 404. The molecule has 3 N–H and O–H groups in total. The van der Waals surface area contributed by atoms with Gasteiger partial charge in [0, 0.05) is 11.3 Å². The van der Waals surface area contributed by atoms with Crippen LogP contribution in [0.25, 0.3) is 0 Å². The summed E-state index contributed by atoms with van der Waals surface area (Å²) in [5, 5.41) is 21.5. The summed E-state index contributed by atoms with van der Waals surface area (Å²) in [6.45, 7) is 0.495. The summed E-state index contributed by atoms with van der Waals surface area (Å²) in [5.74, 6) is -0.689. The van der Waals surface area contributed by atoms with Gasteiger partial charge in [0.2, 0.25) is 6.41 Å². The van der Waals surface area contributed by atoms with Crippen molar-refractivity contribution in [3.05, 3.63) is 0 Å². The number of rotatable bonds is 8. The number of aliphatic carboxylic acids is 1. The van der Waals surface area contributed by atoms with E-state index in [4.69, 9.17) is 21.4 Å². The van der Waals surface area contributed by atoms with Gasteiger partial charge in [0.25, 0.3) is 0 Å². The molecule has 0 aromatic carbocycles. The highest BCUT2D eigenvalue weighted by atomic mass is 35.5. The second-order valence-electron chi connectivity index (χ2n) is 7.07. The van der Waals surface area contributed by atoms with Crippen LogP contribution in [0, 0.1) is 11.8 Å².